The van der Waals surface area contributed by atoms with Crippen LogP contribution in [0.3, 0.4) is 0 Å². The molecular formula is C19H34Cl2N2O3. The maximum Gasteiger partial charge on any atom is 0.119 e. The number of nitrogens with zero attached hydrogens (tertiary/aromatic N) is 2. The van der Waals surface area contributed by atoms with Gasteiger partial charge in [0.05, 0.1) is 6.61 Å². The van der Waals surface area contributed by atoms with E-state index in [1.807, 2.05) is 6.07 Å². The highest BCUT2D eigenvalue weighted by Gasteiger charge is 2.19. The highest BCUT2D eigenvalue weighted by molar-refractivity contribution is 5.85. The van der Waals surface area contributed by atoms with Crippen LogP contribution in [-0.2, 0) is 0 Å². The fourth-order valence-corrected chi connectivity index (χ4v) is 3.27. The molecular weight excluding hydrogens is 375 g/mol. The summed E-state index contributed by atoms with van der Waals surface area (Å²) in [6.45, 7) is 12.1. The van der Waals surface area contributed by atoms with Gasteiger partial charge >= 0.3 is 0 Å². The third-order valence-corrected chi connectivity index (χ3v) is 4.66. The van der Waals surface area contributed by atoms with E-state index in [2.05, 4.69) is 42.7 Å². The van der Waals surface area contributed by atoms with E-state index in [4.69, 9.17) is 9.84 Å². The molecule has 1 unspecified atom stereocenters. The number of aryl methyl sites for hydroxylation is 1. The maximum absolute atomic E-state index is 10.2. The Morgan fingerprint density at radius 1 is 1.08 bits per heavy atom. The van der Waals surface area contributed by atoms with Crippen molar-refractivity contribution in [2.45, 2.75) is 32.8 Å². The van der Waals surface area contributed by atoms with Crippen molar-refractivity contribution >= 4 is 24.8 Å². The van der Waals surface area contributed by atoms with Gasteiger partial charge in [0.25, 0.3) is 0 Å². The van der Waals surface area contributed by atoms with Crippen molar-refractivity contribution < 1.29 is 14.9 Å². The van der Waals surface area contributed by atoms with Crippen LogP contribution in [-0.4, -0.2) is 78.6 Å². The number of hydrogen-bond donors (Lipinski definition) is 2. The van der Waals surface area contributed by atoms with Crippen LogP contribution in [0.4, 0.5) is 0 Å². The Morgan fingerprint density at radius 2 is 1.69 bits per heavy atom. The molecule has 0 aromatic heterocycles. The van der Waals surface area contributed by atoms with E-state index in [-0.39, 0.29) is 31.4 Å². The number of β-amino-alcohol motifs (C(OH)–C–C–N with tert-alkyl or cyclic N) is 2. The minimum absolute atomic E-state index is 0. The predicted octanol–water partition coefficient (Wildman–Crippen LogP) is 2.31. The van der Waals surface area contributed by atoms with Gasteiger partial charge in [0.15, 0.2) is 0 Å². The summed E-state index contributed by atoms with van der Waals surface area (Å²) in [6, 6.07) is 6.15. The van der Waals surface area contributed by atoms with E-state index >= 15 is 0 Å². The van der Waals surface area contributed by atoms with Gasteiger partial charge in [-0.1, -0.05) is 19.9 Å². The lowest BCUT2D eigenvalue weighted by atomic mass is 9.98. The zero-order valence-electron chi connectivity index (χ0n) is 16.1. The molecule has 7 heteroatoms. The summed E-state index contributed by atoms with van der Waals surface area (Å²) >= 11 is 0. The monoisotopic (exact) mass is 408 g/mol. The van der Waals surface area contributed by atoms with E-state index in [0.717, 1.165) is 38.5 Å². The third-order valence-electron chi connectivity index (χ3n) is 4.66. The van der Waals surface area contributed by atoms with Gasteiger partial charge < -0.3 is 14.9 Å². The van der Waals surface area contributed by atoms with Gasteiger partial charge in [0.2, 0.25) is 0 Å². The summed E-state index contributed by atoms with van der Waals surface area (Å²) in [6.07, 6.45) is -0.487. The molecule has 1 atom stereocenters. The van der Waals surface area contributed by atoms with Crippen molar-refractivity contribution in [3.8, 4) is 5.75 Å². The fraction of sp³-hybridized carbons (Fsp3) is 0.684. The van der Waals surface area contributed by atoms with E-state index < -0.39 is 6.10 Å². The Bertz CT molecular complexity index is 510. The van der Waals surface area contributed by atoms with Crippen molar-refractivity contribution in [3.05, 3.63) is 29.3 Å². The van der Waals surface area contributed by atoms with Crippen molar-refractivity contribution in [3.63, 3.8) is 0 Å². The molecule has 2 rings (SSSR count). The van der Waals surface area contributed by atoms with Crippen molar-refractivity contribution in [2.24, 2.45) is 0 Å². The Balaban J connectivity index is 0.00000312. The summed E-state index contributed by atoms with van der Waals surface area (Å²) in [7, 11) is 0. The number of aliphatic hydroxyl groups is 2. The average molecular weight is 409 g/mol. The largest absolute Gasteiger partial charge is 0.491 e. The molecule has 0 saturated carbocycles. The normalized spacial score (nSPS) is 16.7. The molecule has 5 nitrogen and oxygen atoms in total. The first-order valence-electron chi connectivity index (χ1n) is 8.96. The van der Waals surface area contributed by atoms with Crippen LogP contribution in [0.15, 0.2) is 18.2 Å². The van der Waals surface area contributed by atoms with Gasteiger partial charge in [-0.05, 0) is 36.1 Å². The molecule has 0 bridgehead atoms. The Kier molecular flexibility index (Phi) is 12.5. The minimum atomic E-state index is -0.487. The maximum atomic E-state index is 10.2. The number of hydrogen-bond acceptors (Lipinski definition) is 5. The van der Waals surface area contributed by atoms with Crippen LogP contribution < -0.4 is 4.74 Å². The topological polar surface area (TPSA) is 56.2 Å². The standard InChI is InChI=1S/C19H32N2O3.2ClH/c1-15(2)19-5-4-18(12-16(19)3)24-14-17(23)13-21-8-6-20(7-9-21)10-11-22;;/h4-5,12,15,17,22-23H,6-11,13-14H2,1-3H3;2*1H. The molecule has 152 valence electrons. The zero-order valence-corrected chi connectivity index (χ0v) is 17.7. The Morgan fingerprint density at radius 3 is 2.23 bits per heavy atom. The lowest BCUT2D eigenvalue weighted by Crippen LogP contribution is -2.49. The van der Waals surface area contributed by atoms with Gasteiger partial charge in [-0.15, -0.1) is 24.8 Å². The summed E-state index contributed by atoms with van der Waals surface area (Å²) in [5, 5.41) is 19.2. The molecule has 1 aromatic rings. The number of benzene rings is 1. The zero-order chi connectivity index (χ0) is 17.5. The second-order valence-electron chi connectivity index (χ2n) is 7.00. The highest BCUT2D eigenvalue weighted by atomic mass is 35.5. The predicted molar refractivity (Wildman–Crippen MR) is 111 cm³/mol. The molecule has 0 aliphatic carbocycles. The van der Waals surface area contributed by atoms with Gasteiger partial charge in [0.1, 0.15) is 18.5 Å². The Hall–Kier alpha value is -0.560. The average Bonchev–Trinajstić information content (AvgIpc) is 2.55. The highest BCUT2D eigenvalue weighted by Crippen LogP contribution is 2.23. The van der Waals surface area contributed by atoms with Gasteiger partial charge in [-0.25, -0.2) is 0 Å². The summed E-state index contributed by atoms with van der Waals surface area (Å²) < 4.78 is 5.76. The lowest BCUT2D eigenvalue weighted by Gasteiger charge is -2.35. The first kappa shape index (κ1) is 25.4. The van der Waals surface area contributed by atoms with Gasteiger partial charge in [-0.3, -0.25) is 9.80 Å². The number of piperazine rings is 1. The van der Waals surface area contributed by atoms with E-state index in [1.165, 1.54) is 11.1 Å². The first-order chi connectivity index (χ1) is 11.5. The van der Waals surface area contributed by atoms with Gasteiger partial charge in [-0.2, -0.15) is 0 Å². The van der Waals surface area contributed by atoms with Crippen LogP contribution in [0.1, 0.15) is 30.9 Å². The molecule has 0 amide bonds. The first-order valence-corrected chi connectivity index (χ1v) is 8.96. The van der Waals surface area contributed by atoms with Crippen LogP contribution in [0.2, 0.25) is 0 Å². The summed E-state index contributed by atoms with van der Waals surface area (Å²) in [5.41, 5.74) is 2.57. The lowest BCUT2D eigenvalue weighted by molar-refractivity contribution is 0.0428. The number of ether oxygens (including phenoxy) is 1. The number of halogens is 2. The molecule has 1 saturated heterocycles. The molecule has 2 N–H and O–H groups in total. The smallest absolute Gasteiger partial charge is 0.119 e. The molecule has 26 heavy (non-hydrogen) atoms. The third kappa shape index (κ3) is 7.99. The van der Waals surface area contributed by atoms with Gasteiger partial charge in [0, 0.05) is 39.3 Å². The molecule has 1 heterocycles. The molecule has 1 aliphatic heterocycles. The van der Waals surface area contributed by atoms with Crippen LogP contribution in [0.25, 0.3) is 0 Å². The van der Waals surface area contributed by atoms with E-state index in [1.54, 1.807) is 0 Å². The summed E-state index contributed by atoms with van der Waals surface area (Å²) in [4.78, 5) is 4.51. The molecule has 0 radical (unpaired) electrons. The fourth-order valence-electron chi connectivity index (χ4n) is 3.27. The SMILES string of the molecule is Cc1cc(OCC(O)CN2CCN(CCO)CC2)ccc1C(C)C.Cl.Cl. The Labute approximate surface area is 170 Å². The van der Waals surface area contributed by atoms with Crippen molar-refractivity contribution in [1.29, 1.82) is 0 Å². The second-order valence-corrected chi connectivity index (χ2v) is 7.00. The van der Waals surface area contributed by atoms with E-state index in [0.29, 0.717) is 19.1 Å². The minimum Gasteiger partial charge on any atom is -0.491 e. The van der Waals surface area contributed by atoms with Crippen molar-refractivity contribution in [1.82, 2.24) is 9.80 Å². The molecule has 0 spiro atoms. The molecule has 1 aliphatic rings. The molecule has 1 fully saturated rings. The van der Waals surface area contributed by atoms with Crippen LogP contribution in [0, 0.1) is 6.92 Å². The van der Waals surface area contributed by atoms with E-state index in [9.17, 15) is 5.11 Å². The second kappa shape index (κ2) is 12.8. The quantitative estimate of drug-likeness (QED) is 0.690. The van der Waals surface area contributed by atoms with Crippen LogP contribution >= 0.6 is 24.8 Å². The van der Waals surface area contributed by atoms with Crippen LogP contribution in [0.5, 0.6) is 5.75 Å². The number of rotatable bonds is 8. The number of aliphatic hydroxyl groups excluding tert-OH is 2. The van der Waals surface area contributed by atoms with Crippen molar-refractivity contribution in [2.75, 3.05) is 52.5 Å². The molecule has 1 aromatic carbocycles. The summed E-state index contributed by atoms with van der Waals surface area (Å²) in [5.74, 6) is 1.33.